The van der Waals surface area contributed by atoms with Crippen LogP contribution < -0.4 is 35.4 Å². The first kappa shape index (κ1) is 33.0. The largest absolute Gasteiger partial charge is 4.00 e. The second kappa shape index (κ2) is 16.2. The molecule has 0 aliphatic heterocycles. The van der Waals surface area contributed by atoms with Crippen molar-refractivity contribution in [2.45, 2.75) is 75.5 Å². The molecule has 0 N–H and O–H groups in total. The molecule has 2 aliphatic carbocycles. The maximum atomic E-state index is 2.55. The van der Waals surface area contributed by atoms with Crippen molar-refractivity contribution in [2.75, 3.05) is 13.3 Å². The summed E-state index contributed by atoms with van der Waals surface area (Å²) in [6.45, 7) is 4.59. The summed E-state index contributed by atoms with van der Waals surface area (Å²) in [5.74, 6) is 0. The standard InChI is InChI=1S/C21H28P.C11H12P.2ClH.Ti/c1-3-11-19(12-4-1)22(20-13-5-2-6-14-20)21-15-17-9-7-8-10-18(17)16-21;1-12(2)11-7-9-5-3-4-6-10(9)8-11;;;/h7-10,15-16,19-20H,1-6,11-14H2;3-8H,1-2H3;2*1H;/q2*-1;;;+4/p-2. The Morgan fingerprint density at radius 2 is 1.00 bits per heavy atom. The van der Waals surface area contributed by atoms with Gasteiger partial charge in [0.15, 0.2) is 0 Å². The molecule has 0 heterocycles. The van der Waals surface area contributed by atoms with Crippen LogP contribution in [0.25, 0.3) is 21.5 Å². The van der Waals surface area contributed by atoms with E-state index in [4.69, 9.17) is 0 Å². The fourth-order valence-corrected chi connectivity index (χ4v) is 10.8. The molecular formula is C32H40Cl2P2Ti. The van der Waals surface area contributed by atoms with Gasteiger partial charge in [-0.2, -0.15) is 12.1 Å². The van der Waals surface area contributed by atoms with E-state index < -0.39 is 0 Å². The van der Waals surface area contributed by atoms with Crippen molar-refractivity contribution in [2.24, 2.45) is 0 Å². The van der Waals surface area contributed by atoms with Crippen LogP contribution in [0.1, 0.15) is 64.2 Å². The number of hydrogen-bond donors (Lipinski definition) is 0. The molecule has 4 aromatic rings. The van der Waals surface area contributed by atoms with E-state index in [2.05, 4.69) is 86.1 Å². The fourth-order valence-electron chi connectivity index (χ4n) is 6.11. The Morgan fingerprint density at radius 3 is 1.43 bits per heavy atom. The second-order valence-electron chi connectivity index (χ2n) is 10.6. The molecule has 37 heavy (non-hydrogen) atoms. The number of hydrogen-bond acceptors (Lipinski definition) is 0. The minimum atomic E-state index is 0. The molecule has 6 rings (SSSR count). The average Bonchev–Trinajstić information content (AvgIpc) is 3.50. The summed E-state index contributed by atoms with van der Waals surface area (Å²) in [7, 11) is 0.119. The maximum Gasteiger partial charge on any atom is 4.00 e. The molecule has 4 aromatic carbocycles. The molecule has 2 saturated carbocycles. The molecule has 0 saturated heterocycles. The number of rotatable bonds is 4. The first-order valence-corrected chi connectivity index (χ1v) is 17.2. The van der Waals surface area contributed by atoms with Crippen molar-refractivity contribution in [3.05, 3.63) is 72.8 Å². The minimum absolute atomic E-state index is 0. The Morgan fingerprint density at radius 1 is 0.595 bits per heavy atom. The molecule has 0 atom stereocenters. The van der Waals surface area contributed by atoms with Gasteiger partial charge in [-0.3, -0.25) is 0 Å². The van der Waals surface area contributed by atoms with E-state index in [1.807, 2.05) is 0 Å². The van der Waals surface area contributed by atoms with Crippen LogP contribution in [0.5, 0.6) is 0 Å². The predicted octanol–water partition coefficient (Wildman–Crippen LogP) is 3.26. The second-order valence-corrected chi connectivity index (χ2v) is 15.7. The van der Waals surface area contributed by atoms with Gasteiger partial charge in [-0.05, 0) is 50.3 Å². The molecule has 0 amide bonds. The molecule has 2 fully saturated rings. The van der Waals surface area contributed by atoms with Gasteiger partial charge >= 0.3 is 21.7 Å². The Labute approximate surface area is 254 Å². The minimum Gasteiger partial charge on any atom is -1.00 e. The van der Waals surface area contributed by atoms with Crippen molar-refractivity contribution in [3.8, 4) is 0 Å². The maximum absolute atomic E-state index is 2.55. The zero-order valence-corrected chi connectivity index (χ0v) is 27.2. The van der Waals surface area contributed by atoms with E-state index in [1.165, 1.54) is 91.1 Å². The third-order valence-corrected chi connectivity index (χ3v) is 12.7. The van der Waals surface area contributed by atoms with Gasteiger partial charge in [-0.1, -0.05) is 58.6 Å². The molecule has 0 nitrogen and oxygen atoms in total. The van der Waals surface area contributed by atoms with Crippen molar-refractivity contribution in [1.29, 1.82) is 0 Å². The molecule has 196 valence electrons. The van der Waals surface area contributed by atoms with Gasteiger partial charge < -0.3 is 24.8 Å². The van der Waals surface area contributed by atoms with Crippen molar-refractivity contribution < 1.29 is 46.5 Å². The molecule has 0 unspecified atom stereocenters. The van der Waals surface area contributed by atoms with E-state index in [0.717, 1.165) is 11.3 Å². The monoisotopic (exact) mass is 604 g/mol. The third kappa shape index (κ3) is 8.40. The van der Waals surface area contributed by atoms with E-state index in [1.54, 1.807) is 5.30 Å². The SMILES string of the molecule is CP(C)c1cc2ccccc2[cH-]1.[Cl-].[Cl-].[Ti+4].c1ccc2[cH-]c(P(C3CCCCC3)C3CCCCC3)cc2c1. The molecular weight excluding hydrogens is 565 g/mol. The third-order valence-electron chi connectivity index (χ3n) is 7.96. The first-order valence-electron chi connectivity index (χ1n) is 13.5. The van der Waals surface area contributed by atoms with Crippen LogP contribution in [0.3, 0.4) is 0 Å². The molecule has 0 spiro atoms. The summed E-state index contributed by atoms with van der Waals surface area (Å²) >= 11 is 0. The summed E-state index contributed by atoms with van der Waals surface area (Å²) in [5.41, 5.74) is 2.03. The van der Waals surface area contributed by atoms with E-state index in [9.17, 15) is 0 Å². The van der Waals surface area contributed by atoms with Gasteiger partial charge in [0, 0.05) is 0 Å². The topological polar surface area (TPSA) is 0 Å². The van der Waals surface area contributed by atoms with Gasteiger partial charge in [0.25, 0.3) is 0 Å². The summed E-state index contributed by atoms with van der Waals surface area (Å²) in [6, 6.07) is 27.2. The average molecular weight is 605 g/mol. The first-order chi connectivity index (χ1) is 16.7. The molecule has 0 radical (unpaired) electrons. The Hall–Kier alpha value is -0.186. The van der Waals surface area contributed by atoms with E-state index in [0.29, 0.717) is 0 Å². The van der Waals surface area contributed by atoms with Crippen molar-refractivity contribution >= 4 is 48.0 Å². The van der Waals surface area contributed by atoms with E-state index >= 15 is 0 Å². The molecule has 2 aliphatic rings. The molecule has 0 bridgehead atoms. The van der Waals surface area contributed by atoms with Gasteiger partial charge in [0.1, 0.15) is 0 Å². The van der Waals surface area contributed by atoms with Gasteiger partial charge in [-0.25, -0.2) is 0 Å². The van der Waals surface area contributed by atoms with Crippen LogP contribution in [0, 0.1) is 0 Å². The van der Waals surface area contributed by atoms with Crippen LogP contribution >= 0.6 is 15.8 Å². The Kier molecular flexibility index (Phi) is 14.4. The normalized spacial score (nSPS) is 16.5. The smallest absolute Gasteiger partial charge is 1.00 e. The fraction of sp³-hybridized carbons (Fsp3) is 0.438. The van der Waals surface area contributed by atoms with Gasteiger partial charge in [-0.15, -0.1) is 88.6 Å². The molecule has 5 heteroatoms. The molecule has 0 aromatic heterocycles. The Balaban J connectivity index is 0.000000277. The summed E-state index contributed by atoms with van der Waals surface area (Å²) in [5, 5.41) is 8.93. The zero-order chi connectivity index (χ0) is 23.3. The Bertz CT molecular complexity index is 1100. The van der Waals surface area contributed by atoms with Crippen LogP contribution in [0.15, 0.2) is 72.8 Å². The van der Waals surface area contributed by atoms with Crippen molar-refractivity contribution in [1.82, 2.24) is 0 Å². The van der Waals surface area contributed by atoms with Crippen LogP contribution in [-0.2, 0) is 21.7 Å². The van der Waals surface area contributed by atoms with Gasteiger partial charge in [0.05, 0.1) is 0 Å². The number of halogens is 2. The zero-order valence-electron chi connectivity index (χ0n) is 22.3. The number of fused-ring (bicyclic) bond motifs is 2. The van der Waals surface area contributed by atoms with Gasteiger partial charge in [0.2, 0.25) is 0 Å². The van der Waals surface area contributed by atoms with Crippen LogP contribution in [-0.4, -0.2) is 24.6 Å². The van der Waals surface area contributed by atoms with Crippen molar-refractivity contribution in [3.63, 3.8) is 0 Å². The quantitative estimate of drug-likeness (QED) is 0.191. The van der Waals surface area contributed by atoms with E-state index in [-0.39, 0.29) is 62.4 Å². The predicted molar refractivity (Wildman–Crippen MR) is 158 cm³/mol. The summed E-state index contributed by atoms with van der Waals surface area (Å²) < 4.78 is 0. The van der Waals surface area contributed by atoms with Crippen LogP contribution in [0.2, 0.25) is 0 Å². The summed E-state index contributed by atoms with van der Waals surface area (Å²) in [4.78, 5) is 0. The number of benzene rings is 2. The van der Waals surface area contributed by atoms with Crippen LogP contribution in [0.4, 0.5) is 0 Å². The summed E-state index contributed by atoms with van der Waals surface area (Å²) in [6.07, 6.45) is 14.9.